The highest BCUT2D eigenvalue weighted by Crippen LogP contribution is 2.33. The Kier molecular flexibility index (Phi) is 8.01. The first-order chi connectivity index (χ1) is 13.2. The smallest absolute Gasteiger partial charge is 0.272 e. The summed E-state index contributed by atoms with van der Waals surface area (Å²) in [5.41, 5.74) is 1.68. The third kappa shape index (κ3) is 6.04. The molecule has 0 aliphatic heterocycles. The Morgan fingerprint density at radius 3 is 1.68 bits per heavy atom. The zero-order chi connectivity index (χ0) is 20.7. The SMILES string of the molecule is CC(C)(c1ccc(OCC(O)CCl)cc1)c1ccc(OCC(F)C(F)F)cc1. The van der Waals surface area contributed by atoms with Gasteiger partial charge in [-0.1, -0.05) is 38.1 Å². The second-order valence-corrected chi connectivity index (χ2v) is 7.26. The fourth-order valence-corrected chi connectivity index (χ4v) is 2.68. The standard InChI is InChI=1S/C21H24ClF3O3/c1-21(2,14-3-7-17(8-4-14)27-12-16(26)11-22)15-5-9-18(10-6-15)28-13-19(23)20(24)25/h3-10,16,19-20,26H,11-13H2,1-2H3. The topological polar surface area (TPSA) is 38.7 Å². The number of alkyl halides is 4. The molecule has 28 heavy (non-hydrogen) atoms. The van der Waals surface area contributed by atoms with Crippen LogP contribution in [0.3, 0.4) is 0 Å². The molecule has 2 aromatic carbocycles. The van der Waals surface area contributed by atoms with Crippen LogP contribution in [0.25, 0.3) is 0 Å². The highest BCUT2D eigenvalue weighted by molar-refractivity contribution is 6.18. The van der Waals surface area contributed by atoms with Gasteiger partial charge in [-0.05, 0) is 35.4 Å². The molecule has 0 saturated carbocycles. The van der Waals surface area contributed by atoms with E-state index in [1.165, 1.54) is 0 Å². The van der Waals surface area contributed by atoms with Crippen molar-refractivity contribution in [2.24, 2.45) is 0 Å². The summed E-state index contributed by atoms with van der Waals surface area (Å²) >= 11 is 5.54. The van der Waals surface area contributed by atoms with Crippen LogP contribution < -0.4 is 9.47 Å². The van der Waals surface area contributed by atoms with Gasteiger partial charge in [0.15, 0.2) is 6.17 Å². The van der Waals surface area contributed by atoms with Crippen LogP contribution in [-0.2, 0) is 5.41 Å². The van der Waals surface area contributed by atoms with E-state index in [0.717, 1.165) is 11.1 Å². The molecule has 0 spiro atoms. The van der Waals surface area contributed by atoms with Gasteiger partial charge in [0.1, 0.15) is 30.8 Å². The Balaban J connectivity index is 2.03. The lowest BCUT2D eigenvalue weighted by atomic mass is 9.78. The first-order valence-corrected chi connectivity index (χ1v) is 9.40. The Labute approximate surface area is 168 Å². The van der Waals surface area contributed by atoms with E-state index >= 15 is 0 Å². The van der Waals surface area contributed by atoms with E-state index in [-0.39, 0.29) is 17.9 Å². The molecule has 0 aliphatic carbocycles. The number of aliphatic hydroxyl groups excluding tert-OH is 1. The number of rotatable bonds is 10. The minimum atomic E-state index is -3.05. The number of halogens is 4. The first kappa shape index (κ1) is 22.4. The van der Waals surface area contributed by atoms with Crippen molar-refractivity contribution in [1.82, 2.24) is 0 Å². The van der Waals surface area contributed by atoms with E-state index in [4.69, 9.17) is 21.1 Å². The molecule has 0 saturated heterocycles. The van der Waals surface area contributed by atoms with Crippen LogP contribution in [0, 0.1) is 0 Å². The Hall–Kier alpha value is -1.92. The lowest BCUT2D eigenvalue weighted by Gasteiger charge is -2.26. The molecule has 0 aliphatic rings. The van der Waals surface area contributed by atoms with Crippen LogP contribution >= 0.6 is 11.6 Å². The minimum absolute atomic E-state index is 0.110. The number of hydrogen-bond donors (Lipinski definition) is 1. The molecule has 7 heteroatoms. The molecule has 154 valence electrons. The fourth-order valence-electron chi connectivity index (χ4n) is 2.59. The molecule has 0 aromatic heterocycles. The van der Waals surface area contributed by atoms with Gasteiger partial charge < -0.3 is 14.6 Å². The number of benzene rings is 2. The molecule has 2 aromatic rings. The molecular weight excluding hydrogens is 393 g/mol. The minimum Gasteiger partial charge on any atom is -0.491 e. The quantitative estimate of drug-likeness (QED) is 0.555. The number of ether oxygens (including phenoxy) is 2. The third-order valence-electron chi connectivity index (χ3n) is 4.46. The molecule has 0 bridgehead atoms. The van der Waals surface area contributed by atoms with Crippen LogP contribution in [-0.4, -0.2) is 42.9 Å². The Bertz CT molecular complexity index is 721. The van der Waals surface area contributed by atoms with Gasteiger partial charge in [0.25, 0.3) is 6.43 Å². The molecule has 0 fully saturated rings. The maximum atomic E-state index is 12.9. The molecular formula is C21H24ClF3O3. The van der Waals surface area contributed by atoms with Gasteiger partial charge in [0, 0.05) is 5.41 Å². The van der Waals surface area contributed by atoms with E-state index in [1.807, 2.05) is 50.2 Å². The van der Waals surface area contributed by atoms with Crippen LogP contribution in [0.5, 0.6) is 11.5 Å². The Morgan fingerprint density at radius 2 is 1.29 bits per heavy atom. The van der Waals surface area contributed by atoms with Crippen LogP contribution in [0.4, 0.5) is 13.2 Å². The molecule has 3 nitrogen and oxygen atoms in total. The zero-order valence-corrected chi connectivity index (χ0v) is 16.5. The summed E-state index contributed by atoms with van der Waals surface area (Å²) in [6, 6.07) is 14.4. The van der Waals surface area contributed by atoms with Crippen LogP contribution in [0.15, 0.2) is 48.5 Å². The number of hydrogen-bond acceptors (Lipinski definition) is 3. The van der Waals surface area contributed by atoms with Crippen molar-refractivity contribution >= 4 is 11.6 Å². The van der Waals surface area contributed by atoms with Crippen molar-refractivity contribution in [3.8, 4) is 11.5 Å². The lowest BCUT2D eigenvalue weighted by molar-refractivity contribution is 0.0231. The second kappa shape index (κ2) is 10.0. The molecule has 0 heterocycles. The van der Waals surface area contributed by atoms with E-state index < -0.39 is 25.3 Å². The normalized spacial score (nSPS) is 14.0. The van der Waals surface area contributed by atoms with E-state index in [0.29, 0.717) is 11.5 Å². The van der Waals surface area contributed by atoms with Crippen LogP contribution in [0.2, 0.25) is 0 Å². The fraction of sp³-hybridized carbons (Fsp3) is 0.429. The Morgan fingerprint density at radius 1 is 0.857 bits per heavy atom. The zero-order valence-electron chi connectivity index (χ0n) is 15.7. The van der Waals surface area contributed by atoms with Crippen molar-refractivity contribution in [2.75, 3.05) is 19.1 Å². The summed E-state index contributed by atoms with van der Waals surface area (Å²) in [4.78, 5) is 0. The second-order valence-electron chi connectivity index (χ2n) is 6.95. The molecule has 0 radical (unpaired) electrons. The van der Waals surface area contributed by atoms with Gasteiger partial charge in [-0.25, -0.2) is 13.2 Å². The van der Waals surface area contributed by atoms with Crippen molar-refractivity contribution < 1.29 is 27.8 Å². The first-order valence-electron chi connectivity index (χ1n) is 8.87. The number of aliphatic hydroxyl groups is 1. The summed E-state index contributed by atoms with van der Waals surface area (Å²) in [6.07, 6.45) is -6.07. The molecule has 2 atom stereocenters. The van der Waals surface area contributed by atoms with E-state index in [9.17, 15) is 18.3 Å². The van der Waals surface area contributed by atoms with Gasteiger partial charge in [0.2, 0.25) is 0 Å². The lowest BCUT2D eigenvalue weighted by Crippen LogP contribution is -2.21. The van der Waals surface area contributed by atoms with E-state index in [2.05, 4.69) is 0 Å². The molecule has 2 unspecified atom stereocenters. The maximum Gasteiger partial charge on any atom is 0.272 e. The summed E-state index contributed by atoms with van der Waals surface area (Å²) in [5, 5.41) is 9.44. The molecule has 0 amide bonds. The molecule has 1 N–H and O–H groups in total. The van der Waals surface area contributed by atoms with Gasteiger partial charge >= 0.3 is 0 Å². The summed E-state index contributed by atoms with van der Waals surface area (Å²) < 4.78 is 47.9. The van der Waals surface area contributed by atoms with E-state index in [1.54, 1.807) is 12.1 Å². The van der Waals surface area contributed by atoms with Gasteiger partial charge in [-0.3, -0.25) is 0 Å². The van der Waals surface area contributed by atoms with Crippen molar-refractivity contribution in [3.05, 3.63) is 59.7 Å². The van der Waals surface area contributed by atoms with Crippen molar-refractivity contribution in [2.45, 2.75) is 38.0 Å². The predicted octanol–water partition coefficient (Wildman–Crippen LogP) is 4.97. The maximum absolute atomic E-state index is 12.9. The van der Waals surface area contributed by atoms with Gasteiger partial charge in [0.05, 0.1) is 5.88 Å². The van der Waals surface area contributed by atoms with Crippen molar-refractivity contribution in [3.63, 3.8) is 0 Å². The third-order valence-corrected chi connectivity index (χ3v) is 4.81. The van der Waals surface area contributed by atoms with Gasteiger partial charge in [-0.15, -0.1) is 11.6 Å². The average molecular weight is 417 g/mol. The van der Waals surface area contributed by atoms with Crippen molar-refractivity contribution in [1.29, 1.82) is 0 Å². The van der Waals surface area contributed by atoms with Gasteiger partial charge in [-0.2, -0.15) is 0 Å². The largest absolute Gasteiger partial charge is 0.491 e. The summed E-state index contributed by atoms with van der Waals surface area (Å²) in [6.45, 7) is 3.54. The summed E-state index contributed by atoms with van der Waals surface area (Å²) in [7, 11) is 0. The van der Waals surface area contributed by atoms with Crippen LogP contribution in [0.1, 0.15) is 25.0 Å². The molecule has 2 rings (SSSR count). The average Bonchev–Trinajstić information content (AvgIpc) is 2.70. The summed E-state index contributed by atoms with van der Waals surface area (Å²) in [5.74, 6) is 1.08. The monoisotopic (exact) mass is 416 g/mol. The predicted molar refractivity (Wildman–Crippen MR) is 104 cm³/mol. The highest BCUT2D eigenvalue weighted by Gasteiger charge is 2.24. The highest BCUT2D eigenvalue weighted by atomic mass is 35.5.